The molecule has 0 fully saturated rings. The number of hydrogen-bond acceptors (Lipinski definition) is 4. The van der Waals surface area contributed by atoms with E-state index >= 15 is 0 Å². The largest absolute Gasteiger partial charge is 0.282 e. The van der Waals surface area contributed by atoms with E-state index in [1.54, 1.807) is 19.1 Å². The minimum atomic E-state index is -3.68. The Morgan fingerprint density at radius 3 is 2.62 bits per heavy atom. The molecule has 0 radical (unpaired) electrons. The number of nitrogens with one attached hydrogen (secondary N) is 2. The summed E-state index contributed by atoms with van der Waals surface area (Å²) in [6.45, 7) is 5.55. The molecule has 0 amide bonds. The van der Waals surface area contributed by atoms with Crippen molar-refractivity contribution >= 4 is 10.0 Å². The third kappa shape index (κ3) is 3.12. The van der Waals surface area contributed by atoms with Crippen LogP contribution in [0.15, 0.2) is 23.1 Å². The number of rotatable bonds is 4. The standard InChI is InChI=1S/C14H16N4O2S/c1-9-4-5-12(7-15)6-14(9)21(19,20)16-8-13-10(2)11(3)17-18-13/h4-6,16H,8H2,1-3H3,(H,17,18). The normalized spacial score (nSPS) is 11.3. The summed E-state index contributed by atoms with van der Waals surface area (Å²) in [7, 11) is -3.68. The average Bonchev–Trinajstić information content (AvgIpc) is 2.77. The smallest absolute Gasteiger partial charge is 0.241 e. The van der Waals surface area contributed by atoms with Crippen LogP contribution in [0.25, 0.3) is 0 Å². The predicted molar refractivity (Wildman–Crippen MR) is 78.0 cm³/mol. The highest BCUT2D eigenvalue weighted by Gasteiger charge is 2.18. The predicted octanol–water partition coefficient (Wildman–Crippen LogP) is 1.69. The van der Waals surface area contributed by atoms with Gasteiger partial charge in [-0.15, -0.1) is 0 Å². The van der Waals surface area contributed by atoms with Crippen LogP contribution in [0.1, 0.15) is 28.1 Å². The second-order valence-electron chi connectivity index (χ2n) is 4.84. The van der Waals surface area contributed by atoms with Gasteiger partial charge in [0.1, 0.15) is 0 Å². The zero-order chi connectivity index (χ0) is 15.6. The van der Waals surface area contributed by atoms with E-state index in [1.165, 1.54) is 6.07 Å². The maximum absolute atomic E-state index is 12.4. The van der Waals surface area contributed by atoms with E-state index in [-0.39, 0.29) is 11.4 Å². The molecule has 0 aliphatic carbocycles. The second-order valence-corrected chi connectivity index (χ2v) is 6.57. The lowest BCUT2D eigenvalue weighted by atomic mass is 10.2. The van der Waals surface area contributed by atoms with E-state index in [2.05, 4.69) is 14.9 Å². The molecular weight excluding hydrogens is 288 g/mol. The van der Waals surface area contributed by atoms with Gasteiger partial charge in [-0.1, -0.05) is 6.07 Å². The molecular formula is C14H16N4O2S. The summed E-state index contributed by atoms with van der Waals surface area (Å²) in [5.74, 6) is 0. The number of benzene rings is 1. The topological polar surface area (TPSA) is 98.6 Å². The molecule has 1 heterocycles. The van der Waals surface area contributed by atoms with Gasteiger partial charge in [-0.25, -0.2) is 13.1 Å². The summed E-state index contributed by atoms with van der Waals surface area (Å²) in [4.78, 5) is 0.117. The summed E-state index contributed by atoms with van der Waals surface area (Å²) < 4.78 is 27.2. The fraction of sp³-hybridized carbons (Fsp3) is 0.286. The van der Waals surface area contributed by atoms with Crippen LogP contribution in [-0.2, 0) is 16.6 Å². The number of aryl methyl sites for hydroxylation is 2. The minimum Gasteiger partial charge on any atom is -0.282 e. The maximum atomic E-state index is 12.4. The lowest BCUT2D eigenvalue weighted by Crippen LogP contribution is -2.24. The zero-order valence-electron chi connectivity index (χ0n) is 12.1. The number of nitriles is 1. The molecule has 110 valence electrons. The molecule has 1 aromatic carbocycles. The van der Waals surface area contributed by atoms with Crippen molar-refractivity contribution in [1.29, 1.82) is 5.26 Å². The Morgan fingerprint density at radius 1 is 1.33 bits per heavy atom. The summed E-state index contributed by atoms with van der Waals surface area (Å²) in [6.07, 6.45) is 0. The van der Waals surface area contributed by atoms with E-state index in [4.69, 9.17) is 5.26 Å². The lowest BCUT2D eigenvalue weighted by Gasteiger charge is -2.09. The first-order valence-electron chi connectivity index (χ1n) is 6.36. The van der Waals surface area contributed by atoms with Crippen molar-refractivity contribution in [2.75, 3.05) is 0 Å². The first-order chi connectivity index (χ1) is 9.85. The van der Waals surface area contributed by atoms with Gasteiger partial charge in [0, 0.05) is 5.69 Å². The molecule has 6 nitrogen and oxygen atoms in total. The fourth-order valence-corrected chi connectivity index (χ4v) is 3.16. The Kier molecular flexibility index (Phi) is 4.11. The first-order valence-corrected chi connectivity index (χ1v) is 7.84. The monoisotopic (exact) mass is 304 g/mol. The van der Waals surface area contributed by atoms with Crippen molar-refractivity contribution in [3.8, 4) is 6.07 Å². The van der Waals surface area contributed by atoms with E-state index < -0.39 is 10.0 Å². The first kappa shape index (κ1) is 15.2. The maximum Gasteiger partial charge on any atom is 0.241 e. The number of hydrogen-bond donors (Lipinski definition) is 2. The Morgan fingerprint density at radius 2 is 2.05 bits per heavy atom. The van der Waals surface area contributed by atoms with E-state index in [0.717, 1.165) is 11.3 Å². The Hall–Kier alpha value is -2.17. The quantitative estimate of drug-likeness (QED) is 0.897. The molecule has 2 aromatic rings. The van der Waals surface area contributed by atoms with Crippen LogP contribution < -0.4 is 4.72 Å². The van der Waals surface area contributed by atoms with Crippen LogP contribution in [0, 0.1) is 32.1 Å². The average molecular weight is 304 g/mol. The van der Waals surface area contributed by atoms with Gasteiger partial charge in [-0.05, 0) is 44.0 Å². The molecule has 0 spiro atoms. The molecule has 0 bridgehead atoms. The minimum absolute atomic E-state index is 0.106. The number of aromatic nitrogens is 2. The lowest BCUT2D eigenvalue weighted by molar-refractivity contribution is 0.579. The number of sulfonamides is 1. The zero-order valence-corrected chi connectivity index (χ0v) is 12.9. The van der Waals surface area contributed by atoms with Crippen LogP contribution in [0.5, 0.6) is 0 Å². The summed E-state index contributed by atoms with van der Waals surface area (Å²) >= 11 is 0. The Bertz CT molecular complexity index is 816. The van der Waals surface area contributed by atoms with Gasteiger partial charge in [-0.3, -0.25) is 5.10 Å². The summed E-state index contributed by atoms with van der Waals surface area (Å²) in [6, 6.07) is 6.53. The molecule has 0 unspecified atom stereocenters. The van der Waals surface area contributed by atoms with Gasteiger partial charge in [0.05, 0.1) is 28.8 Å². The van der Waals surface area contributed by atoms with E-state index in [1.807, 2.05) is 19.9 Å². The van der Waals surface area contributed by atoms with Crippen LogP contribution in [0.3, 0.4) is 0 Å². The second kappa shape index (κ2) is 5.68. The third-order valence-corrected chi connectivity index (χ3v) is 4.93. The third-order valence-electron chi connectivity index (χ3n) is 3.39. The number of nitrogens with zero attached hydrogens (tertiary/aromatic N) is 2. The van der Waals surface area contributed by atoms with Crippen molar-refractivity contribution in [2.24, 2.45) is 0 Å². The van der Waals surface area contributed by atoms with Gasteiger partial charge in [0.2, 0.25) is 10.0 Å². The van der Waals surface area contributed by atoms with Crippen LogP contribution >= 0.6 is 0 Å². The van der Waals surface area contributed by atoms with Gasteiger partial charge in [0.15, 0.2) is 0 Å². The molecule has 2 rings (SSSR count). The van der Waals surface area contributed by atoms with Gasteiger partial charge in [-0.2, -0.15) is 10.4 Å². The molecule has 0 aliphatic rings. The molecule has 0 aliphatic heterocycles. The highest BCUT2D eigenvalue weighted by atomic mass is 32.2. The van der Waals surface area contributed by atoms with Gasteiger partial charge in [0.25, 0.3) is 0 Å². The number of H-pyrrole nitrogens is 1. The Balaban J connectivity index is 2.27. The molecule has 1 aromatic heterocycles. The van der Waals surface area contributed by atoms with Crippen LogP contribution in [0.2, 0.25) is 0 Å². The van der Waals surface area contributed by atoms with Crippen molar-refractivity contribution < 1.29 is 8.42 Å². The SMILES string of the molecule is Cc1ccc(C#N)cc1S(=O)(=O)NCc1n[nH]c(C)c1C. The van der Waals surface area contributed by atoms with Crippen LogP contribution in [-0.4, -0.2) is 18.6 Å². The fourth-order valence-electron chi connectivity index (χ4n) is 1.91. The molecule has 0 saturated carbocycles. The molecule has 7 heteroatoms. The van der Waals surface area contributed by atoms with Crippen molar-refractivity contribution in [2.45, 2.75) is 32.2 Å². The van der Waals surface area contributed by atoms with Gasteiger partial charge < -0.3 is 0 Å². The Labute approximate surface area is 123 Å². The molecule has 0 saturated heterocycles. The molecule has 2 N–H and O–H groups in total. The molecule has 0 atom stereocenters. The highest BCUT2D eigenvalue weighted by Crippen LogP contribution is 2.17. The highest BCUT2D eigenvalue weighted by molar-refractivity contribution is 7.89. The summed E-state index contributed by atoms with van der Waals surface area (Å²) in [5.41, 5.74) is 3.40. The van der Waals surface area contributed by atoms with E-state index in [0.29, 0.717) is 16.8 Å². The van der Waals surface area contributed by atoms with Crippen molar-refractivity contribution in [1.82, 2.24) is 14.9 Å². The van der Waals surface area contributed by atoms with Gasteiger partial charge >= 0.3 is 0 Å². The number of aromatic amines is 1. The van der Waals surface area contributed by atoms with E-state index in [9.17, 15) is 8.42 Å². The molecule has 21 heavy (non-hydrogen) atoms. The van der Waals surface area contributed by atoms with Crippen molar-refractivity contribution in [3.05, 3.63) is 46.3 Å². The summed E-state index contributed by atoms with van der Waals surface area (Å²) in [5, 5.41) is 15.8. The van der Waals surface area contributed by atoms with Crippen molar-refractivity contribution in [3.63, 3.8) is 0 Å². The van der Waals surface area contributed by atoms with Crippen LogP contribution in [0.4, 0.5) is 0 Å².